The molecule has 3 rings (SSSR count). The lowest BCUT2D eigenvalue weighted by molar-refractivity contribution is -0.124. The molecule has 0 saturated carbocycles. The van der Waals surface area contributed by atoms with E-state index >= 15 is 0 Å². The highest BCUT2D eigenvalue weighted by molar-refractivity contribution is 6.12. The minimum atomic E-state index is -0.898. The number of hydrogen-bond acceptors (Lipinski definition) is 2. The van der Waals surface area contributed by atoms with Crippen LogP contribution < -0.4 is 10.2 Å². The van der Waals surface area contributed by atoms with Gasteiger partial charge in [-0.1, -0.05) is 49.4 Å². The monoisotopic (exact) mass is 308 g/mol. The SMILES string of the molecule is CCC1(C)NC(=O)c2ccccc2N(Cc2ccccc2)C1=O. The molecule has 2 aromatic carbocycles. The Hall–Kier alpha value is -2.62. The number of rotatable bonds is 3. The van der Waals surface area contributed by atoms with Gasteiger partial charge < -0.3 is 10.2 Å². The molecule has 0 bridgehead atoms. The van der Waals surface area contributed by atoms with E-state index in [0.717, 1.165) is 5.56 Å². The quantitative estimate of drug-likeness (QED) is 0.947. The lowest BCUT2D eigenvalue weighted by atomic mass is 9.97. The Bertz CT molecular complexity index is 742. The lowest BCUT2D eigenvalue weighted by Gasteiger charge is -2.31. The molecule has 1 atom stereocenters. The Morgan fingerprint density at radius 1 is 1.00 bits per heavy atom. The molecule has 2 aromatic rings. The van der Waals surface area contributed by atoms with Crippen LogP contribution in [0.2, 0.25) is 0 Å². The van der Waals surface area contributed by atoms with Crippen LogP contribution in [0.25, 0.3) is 0 Å². The summed E-state index contributed by atoms with van der Waals surface area (Å²) in [5, 5.41) is 2.90. The maximum absolute atomic E-state index is 13.1. The van der Waals surface area contributed by atoms with Crippen molar-refractivity contribution in [3.05, 3.63) is 65.7 Å². The molecule has 4 nitrogen and oxygen atoms in total. The van der Waals surface area contributed by atoms with Crippen molar-refractivity contribution in [3.63, 3.8) is 0 Å². The van der Waals surface area contributed by atoms with Crippen molar-refractivity contribution in [1.29, 1.82) is 0 Å². The number of hydrogen-bond donors (Lipinski definition) is 1. The van der Waals surface area contributed by atoms with Gasteiger partial charge in [0.25, 0.3) is 11.8 Å². The summed E-state index contributed by atoms with van der Waals surface area (Å²) in [5.41, 5.74) is 1.33. The van der Waals surface area contributed by atoms with Gasteiger partial charge in [0.15, 0.2) is 0 Å². The summed E-state index contributed by atoms with van der Waals surface area (Å²) in [6.07, 6.45) is 0.539. The van der Waals surface area contributed by atoms with E-state index in [1.54, 1.807) is 17.9 Å². The molecule has 0 aliphatic carbocycles. The third-order valence-electron chi connectivity index (χ3n) is 4.44. The molecular weight excluding hydrogens is 288 g/mol. The molecule has 0 fully saturated rings. The van der Waals surface area contributed by atoms with E-state index in [1.807, 2.05) is 55.5 Å². The molecule has 4 heteroatoms. The van der Waals surface area contributed by atoms with E-state index in [0.29, 0.717) is 24.2 Å². The zero-order valence-electron chi connectivity index (χ0n) is 13.4. The summed E-state index contributed by atoms with van der Waals surface area (Å²) in [6.45, 7) is 4.15. The smallest absolute Gasteiger partial charge is 0.254 e. The van der Waals surface area contributed by atoms with Crippen molar-refractivity contribution in [2.45, 2.75) is 32.4 Å². The number of nitrogens with zero attached hydrogens (tertiary/aromatic N) is 1. The maximum Gasteiger partial charge on any atom is 0.254 e. The van der Waals surface area contributed by atoms with Gasteiger partial charge in [-0.2, -0.15) is 0 Å². The number of amides is 2. The Balaban J connectivity index is 2.10. The van der Waals surface area contributed by atoms with Crippen LogP contribution in [0.5, 0.6) is 0 Å². The van der Waals surface area contributed by atoms with E-state index in [9.17, 15) is 9.59 Å². The summed E-state index contributed by atoms with van der Waals surface area (Å²) in [7, 11) is 0. The van der Waals surface area contributed by atoms with Crippen LogP contribution in [-0.2, 0) is 11.3 Å². The summed E-state index contributed by atoms with van der Waals surface area (Å²) < 4.78 is 0. The van der Waals surface area contributed by atoms with E-state index in [4.69, 9.17) is 0 Å². The zero-order chi connectivity index (χ0) is 16.4. The average molecular weight is 308 g/mol. The number of benzene rings is 2. The molecule has 118 valence electrons. The number of nitrogens with one attached hydrogen (secondary N) is 1. The Labute approximate surface area is 136 Å². The topological polar surface area (TPSA) is 49.4 Å². The second-order valence-electron chi connectivity index (χ2n) is 6.03. The van der Waals surface area contributed by atoms with Crippen molar-refractivity contribution >= 4 is 17.5 Å². The zero-order valence-corrected chi connectivity index (χ0v) is 13.4. The normalized spacial score (nSPS) is 20.7. The summed E-state index contributed by atoms with van der Waals surface area (Å²) >= 11 is 0. The average Bonchev–Trinajstić information content (AvgIpc) is 2.66. The van der Waals surface area contributed by atoms with Crippen LogP contribution in [0.15, 0.2) is 54.6 Å². The Kier molecular flexibility index (Phi) is 3.90. The van der Waals surface area contributed by atoms with Gasteiger partial charge in [-0.25, -0.2) is 0 Å². The van der Waals surface area contributed by atoms with Crippen molar-refractivity contribution in [2.24, 2.45) is 0 Å². The van der Waals surface area contributed by atoms with Gasteiger partial charge in [-0.05, 0) is 31.0 Å². The van der Waals surface area contributed by atoms with Gasteiger partial charge in [0.1, 0.15) is 5.54 Å². The molecule has 1 heterocycles. The van der Waals surface area contributed by atoms with Crippen LogP contribution in [0.1, 0.15) is 36.2 Å². The van der Waals surface area contributed by atoms with Gasteiger partial charge in [0.2, 0.25) is 0 Å². The first-order valence-corrected chi connectivity index (χ1v) is 7.82. The molecule has 1 aliphatic rings. The highest BCUT2D eigenvalue weighted by Gasteiger charge is 2.41. The highest BCUT2D eigenvalue weighted by Crippen LogP contribution is 2.30. The molecule has 1 aliphatic heterocycles. The molecule has 1 N–H and O–H groups in total. The first kappa shape index (κ1) is 15.3. The van der Waals surface area contributed by atoms with Crippen molar-refractivity contribution < 1.29 is 9.59 Å². The fourth-order valence-electron chi connectivity index (χ4n) is 2.84. The fourth-order valence-corrected chi connectivity index (χ4v) is 2.84. The summed E-state index contributed by atoms with van der Waals surface area (Å²) in [4.78, 5) is 27.4. The minimum absolute atomic E-state index is 0.0813. The third-order valence-corrected chi connectivity index (χ3v) is 4.44. The third kappa shape index (κ3) is 2.72. The lowest BCUT2D eigenvalue weighted by Crippen LogP contribution is -2.55. The van der Waals surface area contributed by atoms with Crippen LogP contribution in [0, 0.1) is 0 Å². The van der Waals surface area contributed by atoms with Crippen LogP contribution >= 0.6 is 0 Å². The molecule has 1 unspecified atom stereocenters. The highest BCUT2D eigenvalue weighted by atomic mass is 16.2. The molecule has 0 radical (unpaired) electrons. The largest absolute Gasteiger partial charge is 0.338 e. The summed E-state index contributed by atoms with van der Waals surface area (Å²) in [6, 6.07) is 17.1. The van der Waals surface area contributed by atoms with E-state index in [-0.39, 0.29) is 11.8 Å². The van der Waals surface area contributed by atoms with E-state index in [1.165, 1.54) is 0 Å². The van der Waals surface area contributed by atoms with E-state index in [2.05, 4.69) is 5.32 Å². The molecular formula is C19H20N2O2. The van der Waals surface area contributed by atoms with Crippen molar-refractivity contribution in [3.8, 4) is 0 Å². The Morgan fingerprint density at radius 2 is 1.65 bits per heavy atom. The van der Waals surface area contributed by atoms with Crippen LogP contribution in [0.3, 0.4) is 0 Å². The Morgan fingerprint density at radius 3 is 2.35 bits per heavy atom. The molecule has 0 aromatic heterocycles. The second kappa shape index (κ2) is 5.88. The van der Waals surface area contributed by atoms with Crippen molar-refractivity contribution in [2.75, 3.05) is 4.90 Å². The number of carbonyl (C=O) groups excluding carboxylic acids is 2. The number of fused-ring (bicyclic) bond motifs is 1. The van der Waals surface area contributed by atoms with Crippen LogP contribution in [-0.4, -0.2) is 17.4 Å². The second-order valence-corrected chi connectivity index (χ2v) is 6.03. The predicted molar refractivity (Wildman–Crippen MR) is 90.2 cm³/mol. The van der Waals surface area contributed by atoms with Gasteiger partial charge in [0.05, 0.1) is 17.8 Å². The van der Waals surface area contributed by atoms with Gasteiger partial charge >= 0.3 is 0 Å². The standard InChI is InChI=1S/C19H20N2O2/c1-3-19(2)18(23)21(13-14-9-5-4-6-10-14)16-12-8-7-11-15(16)17(22)20-19/h4-12H,3,13H2,1-2H3,(H,20,22). The molecule has 0 spiro atoms. The minimum Gasteiger partial charge on any atom is -0.338 e. The van der Waals surface area contributed by atoms with Gasteiger partial charge in [-0.15, -0.1) is 0 Å². The molecule has 23 heavy (non-hydrogen) atoms. The fraction of sp³-hybridized carbons (Fsp3) is 0.263. The molecule has 0 saturated heterocycles. The molecule has 2 amide bonds. The summed E-state index contributed by atoms with van der Waals surface area (Å²) in [5.74, 6) is -0.281. The van der Waals surface area contributed by atoms with E-state index < -0.39 is 5.54 Å². The van der Waals surface area contributed by atoms with Crippen LogP contribution in [0.4, 0.5) is 5.69 Å². The predicted octanol–water partition coefficient (Wildman–Crippen LogP) is 3.13. The van der Waals surface area contributed by atoms with Gasteiger partial charge in [0, 0.05) is 0 Å². The van der Waals surface area contributed by atoms with Crippen molar-refractivity contribution in [1.82, 2.24) is 5.32 Å². The first-order chi connectivity index (χ1) is 11.0. The number of carbonyl (C=O) groups is 2. The maximum atomic E-state index is 13.1. The number of anilines is 1. The van der Waals surface area contributed by atoms with Gasteiger partial charge in [-0.3, -0.25) is 9.59 Å². The first-order valence-electron chi connectivity index (χ1n) is 7.82. The number of para-hydroxylation sites is 1.